The SMILES string of the molecule is CCCCOC(=O)c1ccc(NC(=O)COC(=O)c2ccc(N3C(=O)[C@@H]4CC[C@H](C)C[C@H]4C3=O)cc2)cc1. The molecule has 1 heterocycles. The lowest BCUT2D eigenvalue weighted by molar-refractivity contribution is -0.122. The molecule has 1 saturated heterocycles. The van der Waals surface area contributed by atoms with E-state index in [1.54, 1.807) is 36.4 Å². The van der Waals surface area contributed by atoms with Crippen LogP contribution < -0.4 is 10.2 Å². The van der Waals surface area contributed by atoms with Crippen LogP contribution in [0.4, 0.5) is 11.4 Å². The van der Waals surface area contributed by atoms with Gasteiger partial charge in [-0.25, -0.2) is 9.59 Å². The van der Waals surface area contributed by atoms with Gasteiger partial charge in [0.05, 0.1) is 35.3 Å². The normalized spacial score (nSPS) is 20.6. The summed E-state index contributed by atoms with van der Waals surface area (Å²) in [5.41, 5.74) is 1.43. The van der Waals surface area contributed by atoms with Crippen LogP contribution in [-0.4, -0.2) is 42.9 Å². The van der Waals surface area contributed by atoms with Gasteiger partial charge in [0.1, 0.15) is 0 Å². The Morgan fingerprint density at radius 1 is 0.868 bits per heavy atom. The molecule has 1 aliphatic carbocycles. The molecule has 1 N–H and O–H groups in total. The van der Waals surface area contributed by atoms with E-state index in [0.29, 0.717) is 35.9 Å². The number of imide groups is 1. The first-order chi connectivity index (χ1) is 18.3. The van der Waals surface area contributed by atoms with Gasteiger partial charge in [-0.1, -0.05) is 20.3 Å². The zero-order valence-corrected chi connectivity index (χ0v) is 21.6. The summed E-state index contributed by atoms with van der Waals surface area (Å²) in [5.74, 6) is -2.16. The van der Waals surface area contributed by atoms with Crippen LogP contribution in [0, 0.1) is 17.8 Å². The first-order valence-electron chi connectivity index (χ1n) is 13.0. The molecule has 2 aliphatic rings. The van der Waals surface area contributed by atoms with E-state index < -0.39 is 24.5 Å². The molecule has 9 nitrogen and oxygen atoms in total. The third-order valence-corrected chi connectivity index (χ3v) is 7.02. The van der Waals surface area contributed by atoms with Crippen molar-refractivity contribution in [1.82, 2.24) is 0 Å². The van der Waals surface area contributed by atoms with Crippen molar-refractivity contribution in [2.24, 2.45) is 17.8 Å². The molecule has 1 saturated carbocycles. The number of benzene rings is 2. The van der Waals surface area contributed by atoms with Gasteiger partial charge in [0.2, 0.25) is 11.8 Å². The molecule has 2 fully saturated rings. The van der Waals surface area contributed by atoms with Gasteiger partial charge < -0.3 is 14.8 Å². The van der Waals surface area contributed by atoms with Crippen molar-refractivity contribution < 1.29 is 33.4 Å². The minimum Gasteiger partial charge on any atom is -0.462 e. The molecule has 2 aromatic rings. The summed E-state index contributed by atoms with van der Waals surface area (Å²) in [5, 5.41) is 2.60. The topological polar surface area (TPSA) is 119 Å². The number of ether oxygens (including phenoxy) is 2. The lowest BCUT2D eigenvalue weighted by Gasteiger charge is -2.25. The van der Waals surface area contributed by atoms with E-state index in [9.17, 15) is 24.0 Å². The zero-order chi connectivity index (χ0) is 27.2. The minimum absolute atomic E-state index is 0.180. The summed E-state index contributed by atoms with van der Waals surface area (Å²) in [6.07, 6.45) is 4.09. The van der Waals surface area contributed by atoms with Gasteiger partial charge in [-0.15, -0.1) is 0 Å². The smallest absolute Gasteiger partial charge is 0.338 e. The highest BCUT2D eigenvalue weighted by Crippen LogP contribution is 2.42. The first kappa shape index (κ1) is 27.0. The predicted molar refractivity (Wildman–Crippen MR) is 139 cm³/mol. The second-order valence-corrected chi connectivity index (χ2v) is 9.88. The lowest BCUT2D eigenvalue weighted by atomic mass is 9.76. The van der Waals surface area contributed by atoms with Gasteiger partial charge in [-0.2, -0.15) is 0 Å². The maximum absolute atomic E-state index is 12.9. The van der Waals surface area contributed by atoms with E-state index >= 15 is 0 Å². The summed E-state index contributed by atoms with van der Waals surface area (Å²) in [7, 11) is 0. The highest BCUT2D eigenvalue weighted by molar-refractivity contribution is 6.22. The quantitative estimate of drug-likeness (QED) is 0.296. The maximum Gasteiger partial charge on any atom is 0.338 e. The van der Waals surface area contributed by atoms with Crippen LogP contribution in [0.25, 0.3) is 0 Å². The number of rotatable bonds is 9. The Bertz CT molecular complexity index is 1210. The molecule has 3 atom stereocenters. The first-order valence-corrected chi connectivity index (χ1v) is 13.0. The summed E-state index contributed by atoms with van der Waals surface area (Å²) in [4.78, 5) is 63.6. The van der Waals surface area contributed by atoms with Crippen LogP contribution in [0.3, 0.4) is 0 Å². The summed E-state index contributed by atoms with van der Waals surface area (Å²) in [6.45, 7) is 3.95. The number of carbonyl (C=O) groups excluding carboxylic acids is 5. The molecule has 38 heavy (non-hydrogen) atoms. The van der Waals surface area contributed by atoms with E-state index in [1.165, 1.54) is 17.0 Å². The van der Waals surface area contributed by atoms with Crippen molar-refractivity contribution in [3.05, 3.63) is 59.7 Å². The van der Waals surface area contributed by atoms with Crippen molar-refractivity contribution in [2.45, 2.75) is 46.0 Å². The summed E-state index contributed by atoms with van der Waals surface area (Å²) >= 11 is 0. The number of anilines is 2. The number of nitrogens with one attached hydrogen (secondary N) is 1. The molecule has 200 valence electrons. The zero-order valence-electron chi connectivity index (χ0n) is 21.6. The van der Waals surface area contributed by atoms with Gasteiger partial charge in [0.25, 0.3) is 5.91 Å². The molecule has 2 aromatic carbocycles. The molecule has 0 bridgehead atoms. The number of esters is 2. The van der Waals surface area contributed by atoms with Crippen molar-refractivity contribution in [3.8, 4) is 0 Å². The molecule has 1 aliphatic heterocycles. The second-order valence-electron chi connectivity index (χ2n) is 9.88. The van der Waals surface area contributed by atoms with E-state index in [4.69, 9.17) is 9.47 Å². The van der Waals surface area contributed by atoms with Gasteiger partial charge >= 0.3 is 11.9 Å². The Balaban J connectivity index is 1.27. The largest absolute Gasteiger partial charge is 0.462 e. The highest BCUT2D eigenvalue weighted by Gasteiger charge is 2.49. The van der Waals surface area contributed by atoms with E-state index in [1.807, 2.05) is 6.92 Å². The standard InChI is InChI=1S/C29H32N2O7/c1-3-4-15-37-28(35)19-6-10-21(11-7-19)30-25(32)17-38-29(36)20-8-12-22(13-9-20)31-26(33)23-14-5-18(2)16-24(23)27(31)34/h6-13,18,23-24H,3-5,14-17H2,1-2H3,(H,30,32)/t18-,23+,24+/m0/s1. The maximum atomic E-state index is 12.9. The molecular formula is C29H32N2O7. The van der Waals surface area contributed by atoms with E-state index in [0.717, 1.165) is 25.7 Å². The third kappa shape index (κ3) is 6.10. The molecule has 0 radical (unpaired) electrons. The summed E-state index contributed by atoms with van der Waals surface area (Å²) < 4.78 is 10.3. The van der Waals surface area contributed by atoms with Crippen LogP contribution in [0.5, 0.6) is 0 Å². The third-order valence-electron chi connectivity index (χ3n) is 7.02. The van der Waals surface area contributed by atoms with Gasteiger partial charge in [-0.3, -0.25) is 19.3 Å². The Morgan fingerprint density at radius 2 is 1.47 bits per heavy atom. The molecule has 3 amide bonds. The second kappa shape index (κ2) is 12.0. The number of amides is 3. The van der Waals surface area contributed by atoms with Gasteiger partial charge in [-0.05, 0) is 80.1 Å². The number of hydrogen-bond acceptors (Lipinski definition) is 7. The van der Waals surface area contributed by atoms with Crippen LogP contribution >= 0.6 is 0 Å². The lowest BCUT2D eigenvalue weighted by Crippen LogP contribution is -2.30. The minimum atomic E-state index is -0.710. The Morgan fingerprint density at radius 3 is 2.13 bits per heavy atom. The number of carbonyl (C=O) groups is 5. The van der Waals surface area contributed by atoms with Crippen LogP contribution in [0.1, 0.15) is 66.7 Å². The van der Waals surface area contributed by atoms with Crippen LogP contribution in [-0.2, 0) is 23.9 Å². The van der Waals surface area contributed by atoms with Crippen molar-refractivity contribution in [2.75, 3.05) is 23.4 Å². The van der Waals surface area contributed by atoms with E-state index in [2.05, 4.69) is 12.2 Å². The molecule has 9 heteroatoms. The highest BCUT2D eigenvalue weighted by atomic mass is 16.5. The van der Waals surface area contributed by atoms with Gasteiger partial charge in [0.15, 0.2) is 6.61 Å². The number of hydrogen-bond donors (Lipinski definition) is 1. The average molecular weight is 521 g/mol. The number of unbranched alkanes of at least 4 members (excludes halogenated alkanes) is 1. The van der Waals surface area contributed by atoms with Crippen molar-refractivity contribution in [3.63, 3.8) is 0 Å². The fourth-order valence-electron chi connectivity index (χ4n) is 4.88. The molecule has 0 aromatic heterocycles. The van der Waals surface area contributed by atoms with Gasteiger partial charge in [0, 0.05) is 5.69 Å². The number of fused-ring (bicyclic) bond motifs is 1. The molecule has 4 rings (SSSR count). The fourth-order valence-corrected chi connectivity index (χ4v) is 4.88. The fraction of sp³-hybridized carbons (Fsp3) is 0.414. The monoisotopic (exact) mass is 520 g/mol. The molecule has 0 spiro atoms. The average Bonchev–Trinajstić information content (AvgIpc) is 3.16. The van der Waals surface area contributed by atoms with E-state index in [-0.39, 0.29) is 29.2 Å². The molecular weight excluding hydrogens is 488 g/mol. The Labute approximate surface area is 221 Å². The predicted octanol–water partition coefficient (Wildman–Crippen LogP) is 4.36. The summed E-state index contributed by atoms with van der Waals surface area (Å²) in [6, 6.07) is 12.2. The van der Waals surface area contributed by atoms with Crippen molar-refractivity contribution >= 4 is 41.0 Å². The van der Waals surface area contributed by atoms with Crippen LogP contribution in [0.15, 0.2) is 48.5 Å². The molecule has 0 unspecified atom stereocenters. The number of nitrogens with zero attached hydrogens (tertiary/aromatic N) is 1. The Hall–Kier alpha value is -4.01. The van der Waals surface area contributed by atoms with Crippen LogP contribution in [0.2, 0.25) is 0 Å². The van der Waals surface area contributed by atoms with Crippen molar-refractivity contribution in [1.29, 1.82) is 0 Å². The Kier molecular flexibility index (Phi) is 8.55.